The molecule has 1 aliphatic rings. The molecule has 1 aliphatic carbocycles. The van der Waals surface area contributed by atoms with E-state index in [0.29, 0.717) is 12.6 Å². The highest BCUT2D eigenvalue weighted by Crippen LogP contribution is 2.31. The molecular weight excluding hydrogens is 262 g/mol. The first-order valence-corrected chi connectivity index (χ1v) is 8.38. The standard InChI is InChI=1S/C17H29N3O/c1-5-11-18-14-9-8-10-15-13(14)12-19-16(20-15)17(4,6-2)21-7-3/h12,14,18H,5-11H2,1-4H3. The molecule has 1 heterocycles. The Bertz CT molecular complexity index is 463. The van der Waals surface area contributed by atoms with E-state index in [4.69, 9.17) is 9.72 Å². The average Bonchev–Trinajstić information content (AvgIpc) is 2.52. The molecule has 118 valence electrons. The first-order valence-electron chi connectivity index (χ1n) is 8.38. The lowest BCUT2D eigenvalue weighted by atomic mass is 9.91. The van der Waals surface area contributed by atoms with Crippen molar-refractivity contribution in [1.82, 2.24) is 15.3 Å². The topological polar surface area (TPSA) is 47.0 Å². The van der Waals surface area contributed by atoms with Crippen molar-refractivity contribution in [3.63, 3.8) is 0 Å². The van der Waals surface area contributed by atoms with Gasteiger partial charge in [0, 0.05) is 30.1 Å². The predicted molar refractivity (Wildman–Crippen MR) is 85.3 cm³/mol. The van der Waals surface area contributed by atoms with E-state index in [-0.39, 0.29) is 5.60 Å². The largest absolute Gasteiger partial charge is 0.368 e. The van der Waals surface area contributed by atoms with Crippen LogP contribution >= 0.6 is 0 Å². The fourth-order valence-electron chi connectivity index (χ4n) is 2.98. The summed E-state index contributed by atoms with van der Waals surface area (Å²) in [6, 6.07) is 0.419. The van der Waals surface area contributed by atoms with Gasteiger partial charge in [0.25, 0.3) is 0 Å². The van der Waals surface area contributed by atoms with Crippen molar-refractivity contribution in [3.05, 3.63) is 23.3 Å². The Morgan fingerprint density at radius 2 is 2.19 bits per heavy atom. The van der Waals surface area contributed by atoms with Gasteiger partial charge in [-0.2, -0.15) is 0 Å². The number of hydrogen-bond donors (Lipinski definition) is 1. The fraction of sp³-hybridized carbons (Fsp3) is 0.765. The molecule has 0 aromatic carbocycles. The lowest BCUT2D eigenvalue weighted by Crippen LogP contribution is -2.31. The summed E-state index contributed by atoms with van der Waals surface area (Å²) in [4.78, 5) is 9.49. The van der Waals surface area contributed by atoms with E-state index >= 15 is 0 Å². The summed E-state index contributed by atoms with van der Waals surface area (Å²) in [5.41, 5.74) is 2.13. The summed E-state index contributed by atoms with van der Waals surface area (Å²) >= 11 is 0. The normalized spacial score (nSPS) is 20.9. The van der Waals surface area contributed by atoms with Crippen molar-refractivity contribution in [2.75, 3.05) is 13.2 Å². The minimum atomic E-state index is -0.367. The maximum absolute atomic E-state index is 5.91. The molecule has 1 aromatic heterocycles. The molecule has 0 spiro atoms. The second-order valence-electron chi connectivity index (χ2n) is 6.01. The van der Waals surface area contributed by atoms with E-state index in [0.717, 1.165) is 31.6 Å². The van der Waals surface area contributed by atoms with Gasteiger partial charge in [0.2, 0.25) is 0 Å². The number of hydrogen-bond acceptors (Lipinski definition) is 4. The lowest BCUT2D eigenvalue weighted by molar-refractivity contribution is -0.0392. The number of rotatable bonds is 7. The minimum Gasteiger partial charge on any atom is -0.368 e. The molecule has 0 radical (unpaired) electrons. The Morgan fingerprint density at radius 3 is 2.86 bits per heavy atom. The fourth-order valence-corrected chi connectivity index (χ4v) is 2.98. The SMILES string of the molecule is CCCNC1CCCc2nc(C(C)(CC)OCC)ncc21. The van der Waals surface area contributed by atoms with Crippen LogP contribution in [0.1, 0.15) is 76.5 Å². The van der Waals surface area contributed by atoms with Gasteiger partial charge < -0.3 is 10.1 Å². The number of nitrogens with one attached hydrogen (secondary N) is 1. The third kappa shape index (κ3) is 3.61. The summed E-state index contributed by atoms with van der Waals surface area (Å²) in [7, 11) is 0. The van der Waals surface area contributed by atoms with Gasteiger partial charge in [0.15, 0.2) is 5.82 Å². The van der Waals surface area contributed by atoms with Crippen molar-refractivity contribution in [2.45, 2.75) is 71.4 Å². The van der Waals surface area contributed by atoms with Gasteiger partial charge >= 0.3 is 0 Å². The molecule has 4 nitrogen and oxygen atoms in total. The number of aromatic nitrogens is 2. The molecule has 0 saturated heterocycles. The molecular formula is C17H29N3O. The Morgan fingerprint density at radius 1 is 1.38 bits per heavy atom. The third-order valence-corrected chi connectivity index (χ3v) is 4.43. The second-order valence-corrected chi connectivity index (χ2v) is 6.01. The summed E-state index contributed by atoms with van der Waals surface area (Å²) in [5, 5.41) is 3.61. The molecule has 0 amide bonds. The molecule has 2 rings (SSSR count). The van der Waals surface area contributed by atoms with Crippen LogP contribution in [0.2, 0.25) is 0 Å². The summed E-state index contributed by atoms with van der Waals surface area (Å²) in [6.45, 7) is 10.2. The molecule has 2 atom stereocenters. The molecule has 0 fully saturated rings. The van der Waals surface area contributed by atoms with Crippen molar-refractivity contribution in [3.8, 4) is 0 Å². The van der Waals surface area contributed by atoms with Crippen molar-refractivity contribution in [2.24, 2.45) is 0 Å². The molecule has 1 N–H and O–H groups in total. The van der Waals surface area contributed by atoms with Gasteiger partial charge in [-0.05, 0) is 52.5 Å². The first kappa shape index (κ1) is 16.4. The van der Waals surface area contributed by atoms with Crippen molar-refractivity contribution >= 4 is 0 Å². The molecule has 0 bridgehead atoms. The average molecular weight is 291 g/mol. The monoisotopic (exact) mass is 291 g/mol. The van der Waals surface area contributed by atoms with E-state index in [1.165, 1.54) is 24.1 Å². The van der Waals surface area contributed by atoms with Crippen LogP contribution in [0.25, 0.3) is 0 Å². The zero-order valence-corrected chi connectivity index (χ0v) is 13.9. The van der Waals surface area contributed by atoms with E-state index in [1.807, 2.05) is 13.1 Å². The smallest absolute Gasteiger partial charge is 0.160 e. The van der Waals surface area contributed by atoms with Gasteiger partial charge in [0.05, 0.1) is 0 Å². The van der Waals surface area contributed by atoms with Gasteiger partial charge in [-0.15, -0.1) is 0 Å². The van der Waals surface area contributed by atoms with Crippen LogP contribution < -0.4 is 5.32 Å². The van der Waals surface area contributed by atoms with Gasteiger partial charge in [-0.3, -0.25) is 0 Å². The number of ether oxygens (including phenoxy) is 1. The molecule has 0 aliphatic heterocycles. The predicted octanol–water partition coefficient (Wildman–Crippen LogP) is 3.52. The summed E-state index contributed by atoms with van der Waals surface area (Å²) < 4.78 is 5.91. The van der Waals surface area contributed by atoms with Gasteiger partial charge in [-0.25, -0.2) is 9.97 Å². The summed E-state index contributed by atoms with van der Waals surface area (Å²) in [5.74, 6) is 0.835. The van der Waals surface area contributed by atoms with Crippen LogP contribution in [0.5, 0.6) is 0 Å². The molecule has 21 heavy (non-hydrogen) atoms. The molecule has 4 heteroatoms. The van der Waals surface area contributed by atoms with E-state index < -0.39 is 0 Å². The molecule has 2 unspecified atom stereocenters. The van der Waals surface area contributed by atoms with Crippen LogP contribution in [0.4, 0.5) is 0 Å². The maximum Gasteiger partial charge on any atom is 0.160 e. The Balaban J connectivity index is 2.26. The summed E-state index contributed by atoms with van der Waals surface area (Å²) in [6.07, 6.45) is 7.51. The lowest BCUT2D eigenvalue weighted by Gasteiger charge is -2.30. The van der Waals surface area contributed by atoms with Crippen LogP contribution in [0.3, 0.4) is 0 Å². The second kappa shape index (κ2) is 7.32. The van der Waals surface area contributed by atoms with E-state index in [2.05, 4.69) is 31.1 Å². The number of aryl methyl sites for hydroxylation is 1. The highest BCUT2D eigenvalue weighted by atomic mass is 16.5. The highest BCUT2D eigenvalue weighted by Gasteiger charge is 2.30. The van der Waals surface area contributed by atoms with Crippen LogP contribution in [0, 0.1) is 0 Å². The molecule has 1 aromatic rings. The Hall–Kier alpha value is -1.00. The van der Waals surface area contributed by atoms with Crippen LogP contribution in [-0.4, -0.2) is 23.1 Å². The zero-order valence-electron chi connectivity index (χ0n) is 13.9. The van der Waals surface area contributed by atoms with Crippen LogP contribution in [-0.2, 0) is 16.8 Å². The number of nitrogens with zero attached hydrogens (tertiary/aromatic N) is 2. The van der Waals surface area contributed by atoms with Crippen LogP contribution in [0.15, 0.2) is 6.20 Å². The van der Waals surface area contributed by atoms with Gasteiger partial charge in [-0.1, -0.05) is 13.8 Å². The minimum absolute atomic E-state index is 0.367. The Labute approximate surface area is 128 Å². The quantitative estimate of drug-likeness (QED) is 0.835. The van der Waals surface area contributed by atoms with E-state index in [1.54, 1.807) is 0 Å². The van der Waals surface area contributed by atoms with Crippen molar-refractivity contribution < 1.29 is 4.74 Å². The third-order valence-electron chi connectivity index (χ3n) is 4.43. The first-order chi connectivity index (χ1) is 10.1. The zero-order chi connectivity index (χ0) is 15.3. The Kier molecular flexibility index (Phi) is 5.71. The highest BCUT2D eigenvalue weighted by molar-refractivity contribution is 5.25. The molecule has 0 saturated carbocycles. The maximum atomic E-state index is 5.91. The van der Waals surface area contributed by atoms with E-state index in [9.17, 15) is 0 Å². The number of fused-ring (bicyclic) bond motifs is 1. The van der Waals surface area contributed by atoms with Gasteiger partial charge in [0.1, 0.15) is 5.60 Å². The van der Waals surface area contributed by atoms with Crippen molar-refractivity contribution in [1.29, 1.82) is 0 Å².